The number of carbonyl (C=O) groups is 1. The molecular formula is C16H25NO3. The van der Waals surface area contributed by atoms with Gasteiger partial charge in [-0.1, -0.05) is 24.6 Å². The van der Waals surface area contributed by atoms with Crippen molar-refractivity contribution in [1.82, 2.24) is 5.32 Å². The Hall–Kier alpha value is -1.55. The average molecular weight is 279 g/mol. The van der Waals surface area contributed by atoms with Crippen LogP contribution >= 0.6 is 0 Å². The highest BCUT2D eigenvalue weighted by atomic mass is 16.5. The minimum absolute atomic E-state index is 0.234. The van der Waals surface area contributed by atoms with Crippen LogP contribution in [0.2, 0.25) is 0 Å². The van der Waals surface area contributed by atoms with Crippen molar-refractivity contribution >= 4 is 5.97 Å². The number of benzene rings is 1. The van der Waals surface area contributed by atoms with Crippen LogP contribution in [-0.2, 0) is 9.53 Å². The van der Waals surface area contributed by atoms with Gasteiger partial charge in [-0.3, -0.25) is 4.79 Å². The predicted octanol–water partition coefficient (Wildman–Crippen LogP) is 2.61. The molecule has 1 aromatic rings. The van der Waals surface area contributed by atoms with E-state index in [1.54, 1.807) is 0 Å². The van der Waals surface area contributed by atoms with E-state index in [-0.39, 0.29) is 12.0 Å². The van der Waals surface area contributed by atoms with E-state index >= 15 is 0 Å². The van der Waals surface area contributed by atoms with Gasteiger partial charge in [-0.25, -0.2) is 0 Å². The number of nitrogens with one attached hydrogen (secondary N) is 1. The number of methoxy groups -OCH3 is 1. The Kier molecular flexibility index (Phi) is 7.09. The second kappa shape index (κ2) is 8.59. The molecule has 0 bridgehead atoms. The third kappa shape index (κ3) is 5.21. The molecule has 1 N–H and O–H groups in total. The summed E-state index contributed by atoms with van der Waals surface area (Å²) in [5.74, 6) is 0.636. The Morgan fingerprint density at radius 3 is 2.70 bits per heavy atom. The molecule has 0 amide bonds. The van der Waals surface area contributed by atoms with Crippen LogP contribution in [-0.4, -0.2) is 32.3 Å². The lowest BCUT2D eigenvalue weighted by molar-refractivity contribution is -0.143. The quantitative estimate of drug-likeness (QED) is 0.743. The van der Waals surface area contributed by atoms with E-state index in [2.05, 4.69) is 25.2 Å². The molecule has 1 atom stereocenters. The Labute approximate surface area is 121 Å². The number of hydrogen-bond donors (Lipinski definition) is 1. The van der Waals surface area contributed by atoms with Crippen molar-refractivity contribution in [3.05, 3.63) is 29.3 Å². The third-order valence-electron chi connectivity index (χ3n) is 3.12. The van der Waals surface area contributed by atoms with Gasteiger partial charge in [0.25, 0.3) is 0 Å². The first-order valence-electron chi connectivity index (χ1n) is 7.09. The summed E-state index contributed by atoms with van der Waals surface area (Å²) in [6, 6.07) is 5.78. The molecular weight excluding hydrogens is 254 g/mol. The molecule has 1 unspecified atom stereocenters. The highest BCUT2D eigenvalue weighted by molar-refractivity contribution is 5.75. The summed E-state index contributed by atoms with van der Waals surface area (Å²) in [6.45, 7) is 7.42. The van der Waals surface area contributed by atoms with Crippen molar-refractivity contribution in [1.29, 1.82) is 0 Å². The van der Waals surface area contributed by atoms with E-state index in [4.69, 9.17) is 9.47 Å². The first-order chi connectivity index (χ1) is 9.58. The monoisotopic (exact) mass is 279 g/mol. The van der Waals surface area contributed by atoms with Gasteiger partial charge >= 0.3 is 5.97 Å². The number of ether oxygens (including phenoxy) is 2. The first-order valence-corrected chi connectivity index (χ1v) is 7.09. The lowest BCUT2D eigenvalue weighted by Gasteiger charge is -2.17. The van der Waals surface area contributed by atoms with Crippen LogP contribution in [0.25, 0.3) is 0 Å². The molecule has 0 saturated heterocycles. The maximum absolute atomic E-state index is 11.6. The van der Waals surface area contributed by atoms with Gasteiger partial charge in [-0.2, -0.15) is 0 Å². The molecule has 0 fully saturated rings. The molecule has 0 radical (unpaired) electrons. The average Bonchev–Trinajstić information content (AvgIpc) is 2.43. The number of aryl methyl sites for hydroxylation is 2. The number of hydrogen-bond acceptors (Lipinski definition) is 4. The summed E-state index contributed by atoms with van der Waals surface area (Å²) in [4.78, 5) is 11.6. The van der Waals surface area contributed by atoms with E-state index in [1.807, 2.05) is 19.1 Å². The second-order valence-corrected chi connectivity index (χ2v) is 4.94. The summed E-state index contributed by atoms with van der Waals surface area (Å²) in [5.41, 5.74) is 2.33. The van der Waals surface area contributed by atoms with Crippen LogP contribution in [0, 0.1) is 13.8 Å². The maximum atomic E-state index is 11.6. The zero-order chi connectivity index (χ0) is 15.0. The summed E-state index contributed by atoms with van der Waals surface area (Å²) >= 11 is 0. The third-order valence-corrected chi connectivity index (χ3v) is 3.12. The van der Waals surface area contributed by atoms with E-state index in [9.17, 15) is 4.79 Å². The Bertz CT molecular complexity index is 432. The lowest BCUT2D eigenvalue weighted by Crippen LogP contribution is -2.39. The van der Waals surface area contributed by atoms with Crippen molar-refractivity contribution in [2.75, 3.05) is 20.3 Å². The van der Waals surface area contributed by atoms with Gasteiger partial charge in [-0.05, 0) is 38.4 Å². The molecule has 4 nitrogen and oxygen atoms in total. The second-order valence-electron chi connectivity index (χ2n) is 4.94. The van der Waals surface area contributed by atoms with Gasteiger partial charge in [0.2, 0.25) is 0 Å². The Balaban J connectivity index is 2.48. The topological polar surface area (TPSA) is 47.6 Å². The molecule has 0 aliphatic heterocycles. The van der Waals surface area contributed by atoms with Crippen molar-refractivity contribution in [3.63, 3.8) is 0 Å². The zero-order valence-corrected chi connectivity index (χ0v) is 12.9. The molecule has 4 heteroatoms. The molecule has 112 valence electrons. The van der Waals surface area contributed by atoms with Crippen molar-refractivity contribution < 1.29 is 14.3 Å². The van der Waals surface area contributed by atoms with Crippen LogP contribution in [0.15, 0.2) is 18.2 Å². The van der Waals surface area contributed by atoms with Crippen LogP contribution in [0.1, 0.15) is 30.9 Å². The van der Waals surface area contributed by atoms with Gasteiger partial charge in [0.05, 0.1) is 13.7 Å². The van der Waals surface area contributed by atoms with Gasteiger partial charge in [0.1, 0.15) is 11.8 Å². The highest BCUT2D eigenvalue weighted by Crippen LogP contribution is 2.18. The fourth-order valence-corrected chi connectivity index (χ4v) is 2.01. The molecule has 1 rings (SSSR count). The number of carbonyl (C=O) groups excluding carboxylic acids is 1. The van der Waals surface area contributed by atoms with E-state index < -0.39 is 0 Å². The van der Waals surface area contributed by atoms with Crippen molar-refractivity contribution in [2.24, 2.45) is 0 Å². The van der Waals surface area contributed by atoms with Crippen LogP contribution in [0.4, 0.5) is 0 Å². The molecule has 0 spiro atoms. The molecule has 1 aromatic carbocycles. The predicted molar refractivity (Wildman–Crippen MR) is 80.1 cm³/mol. The minimum atomic E-state index is -0.300. The summed E-state index contributed by atoms with van der Waals surface area (Å²) in [5, 5.41) is 3.18. The zero-order valence-electron chi connectivity index (χ0n) is 12.9. The van der Waals surface area contributed by atoms with E-state index in [1.165, 1.54) is 12.7 Å². The summed E-state index contributed by atoms with van der Waals surface area (Å²) in [7, 11) is 1.41. The van der Waals surface area contributed by atoms with Gasteiger partial charge in [0, 0.05) is 6.42 Å². The standard InChI is InChI=1S/C16H25NO3/c1-5-9-17-14(16(18)19-4)8-10-20-15-7-6-12(2)11-13(15)3/h6-7,11,14,17H,5,8-10H2,1-4H3. The largest absolute Gasteiger partial charge is 0.493 e. The van der Waals surface area contributed by atoms with Gasteiger partial charge in [0.15, 0.2) is 0 Å². The Morgan fingerprint density at radius 1 is 1.35 bits per heavy atom. The SMILES string of the molecule is CCCNC(CCOc1ccc(C)cc1C)C(=O)OC. The van der Waals surface area contributed by atoms with Gasteiger partial charge in [-0.15, -0.1) is 0 Å². The molecule has 0 aliphatic rings. The highest BCUT2D eigenvalue weighted by Gasteiger charge is 2.18. The maximum Gasteiger partial charge on any atom is 0.322 e. The Morgan fingerprint density at radius 2 is 2.10 bits per heavy atom. The van der Waals surface area contributed by atoms with E-state index in [0.29, 0.717) is 13.0 Å². The minimum Gasteiger partial charge on any atom is -0.493 e. The lowest BCUT2D eigenvalue weighted by atomic mass is 10.1. The molecule has 0 aliphatic carbocycles. The summed E-state index contributed by atoms with van der Waals surface area (Å²) in [6.07, 6.45) is 1.57. The van der Waals surface area contributed by atoms with Crippen molar-refractivity contribution in [3.8, 4) is 5.75 Å². The molecule has 0 saturated carbocycles. The number of rotatable bonds is 8. The smallest absolute Gasteiger partial charge is 0.322 e. The van der Waals surface area contributed by atoms with Crippen LogP contribution < -0.4 is 10.1 Å². The number of esters is 1. The molecule has 0 aromatic heterocycles. The van der Waals surface area contributed by atoms with Crippen LogP contribution in [0.3, 0.4) is 0 Å². The molecule has 20 heavy (non-hydrogen) atoms. The summed E-state index contributed by atoms with van der Waals surface area (Å²) < 4.78 is 10.5. The van der Waals surface area contributed by atoms with E-state index in [0.717, 1.165) is 24.3 Å². The fraction of sp³-hybridized carbons (Fsp3) is 0.562. The van der Waals surface area contributed by atoms with Gasteiger partial charge < -0.3 is 14.8 Å². The first kappa shape index (κ1) is 16.5. The van der Waals surface area contributed by atoms with Crippen molar-refractivity contribution in [2.45, 2.75) is 39.7 Å². The van der Waals surface area contributed by atoms with Crippen LogP contribution in [0.5, 0.6) is 5.75 Å². The molecule has 0 heterocycles. The fourth-order valence-electron chi connectivity index (χ4n) is 2.01. The normalized spacial score (nSPS) is 12.0.